The lowest BCUT2D eigenvalue weighted by molar-refractivity contribution is -0.384. The Bertz CT molecular complexity index is 762. The zero-order valence-electron chi connectivity index (χ0n) is 14.0. The quantitative estimate of drug-likeness (QED) is 0.191. The van der Waals surface area contributed by atoms with E-state index < -0.39 is 4.92 Å². The van der Waals surface area contributed by atoms with E-state index in [0.29, 0.717) is 19.1 Å². The van der Waals surface area contributed by atoms with Gasteiger partial charge in [-0.2, -0.15) is 0 Å². The second kappa shape index (κ2) is 9.86. The number of non-ortho nitro benzene ring substituents is 1. The smallest absolute Gasteiger partial charge is 0.269 e. The van der Waals surface area contributed by atoms with Crippen molar-refractivity contribution >= 4 is 51.6 Å². The lowest BCUT2D eigenvalue weighted by atomic mass is 10.2. The molecule has 1 saturated carbocycles. The zero-order chi connectivity index (χ0) is 17.6. The first-order valence-corrected chi connectivity index (χ1v) is 8.92. The molecular formula is C18H20BrIN4O2. The minimum absolute atomic E-state index is 0. The minimum Gasteiger partial charge on any atom is -0.354 e. The fraction of sp³-hybridized carbons (Fsp3) is 0.278. The van der Waals surface area contributed by atoms with E-state index in [1.807, 2.05) is 24.3 Å². The maximum Gasteiger partial charge on any atom is 0.269 e. The Morgan fingerprint density at radius 1 is 1.12 bits per heavy atom. The molecule has 0 atom stereocenters. The molecule has 0 bridgehead atoms. The Kier molecular flexibility index (Phi) is 7.83. The van der Waals surface area contributed by atoms with Gasteiger partial charge in [-0.25, -0.2) is 4.99 Å². The number of nitro groups is 1. The first-order chi connectivity index (χ1) is 12.1. The van der Waals surface area contributed by atoms with E-state index in [9.17, 15) is 10.1 Å². The second-order valence-corrected chi connectivity index (χ2v) is 6.90. The summed E-state index contributed by atoms with van der Waals surface area (Å²) in [6.45, 7) is 1.16. The van der Waals surface area contributed by atoms with Crippen LogP contribution in [0.5, 0.6) is 0 Å². The molecule has 138 valence electrons. The highest BCUT2D eigenvalue weighted by Crippen LogP contribution is 2.18. The topological polar surface area (TPSA) is 79.6 Å². The number of rotatable bonds is 6. The normalized spacial score (nSPS) is 13.7. The van der Waals surface area contributed by atoms with Crippen molar-refractivity contribution in [3.8, 4) is 0 Å². The second-order valence-electron chi connectivity index (χ2n) is 5.99. The van der Waals surface area contributed by atoms with Gasteiger partial charge in [0.15, 0.2) is 5.96 Å². The van der Waals surface area contributed by atoms with Gasteiger partial charge in [0.05, 0.1) is 11.5 Å². The highest BCUT2D eigenvalue weighted by molar-refractivity contribution is 14.0. The fourth-order valence-electron chi connectivity index (χ4n) is 2.26. The summed E-state index contributed by atoms with van der Waals surface area (Å²) in [5.41, 5.74) is 2.21. The standard InChI is InChI=1S/C18H19BrN4O2.HI/c19-15-5-1-13(2-6-15)11-20-18(22-16-7-8-16)21-12-14-3-9-17(10-4-14)23(24)25;/h1-6,9-10,16H,7-8,11-12H2,(H2,20,21,22);1H. The number of aliphatic imine (C=N–C) groups is 1. The van der Waals surface area contributed by atoms with Gasteiger partial charge in [-0.15, -0.1) is 24.0 Å². The van der Waals surface area contributed by atoms with Gasteiger partial charge in [0.2, 0.25) is 0 Å². The maximum atomic E-state index is 10.7. The van der Waals surface area contributed by atoms with E-state index >= 15 is 0 Å². The summed E-state index contributed by atoms with van der Waals surface area (Å²) < 4.78 is 1.05. The Hall–Kier alpha value is -1.68. The van der Waals surface area contributed by atoms with Crippen molar-refractivity contribution in [3.63, 3.8) is 0 Å². The van der Waals surface area contributed by atoms with Crippen molar-refractivity contribution < 1.29 is 4.92 Å². The van der Waals surface area contributed by atoms with Crippen LogP contribution in [0.2, 0.25) is 0 Å². The highest BCUT2D eigenvalue weighted by atomic mass is 127. The fourth-order valence-corrected chi connectivity index (χ4v) is 2.52. The number of benzene rings is 2. The third kappa shape index (κ3) is 6.56. The van der Waals surface area contributed by atoms with Gasteiger partial charge < -0.3 is 10.6 Å². The van der Waals surface area contributed by atoms with Crippen molar-refractivity contribution in [2.24, 2.45) is 4.99 Å². The van der Waals surface area contributed by atoms with Gasteiger partial charge in [0.25, 0.3) is 5.69 Å². The van der Waals surface area contributed by atoms with Gasteiger partial charge in [-0.05, 0) is 36.1 Å². The number of hydrogen-bond acceptors (Lipinski definition) is 3. The summed E-state index contributed by atoms with van der Waals surface area (Å²) in [5.74, 6) is 0.767. The van der Waals surface area contributed by atoms with E-state index in [0.717, 1.165) is 34.4 Å². The van der Waals surface area contributed by atoms with Crippen molar-refractivity contribution in [1.29, 1.82) is 0 Å². The van der Waals surface area contributed by atoms with E-state index in [2.05, 4.69) is 31.6 Å². The van der Waals surface area contributed by atoms with Crippen LogP contribution in [0.25, 0.3) is 0 Å². The number of halogens is 2. The summed E-state index contributed by atoms with van der Waals surface area (Å²) in [6.07, 6.45) is 2.33. The highest BCUT2D eigenvalue weighted by Gasteiger charge is 2.22. The molecule has 0 spiro atoms. The molecule has 0 unspecified atom stereocenters. The van der Waals surface area contributed by atoms with Crippen molar-refractivity contribution in [2.75, 3.05) is 0 Å². The monoisotopic (exact) mass is 530 g/mol. The van der Waals surface area contributed by atoms with Crippen molar-refractivity contribution in [2.45, 2.75) is 32.0 Å². The molecule has 0 aliphatic heterocycles. The van der Waals surface area contributed by atoms with Gasteiger partial charge in [0, 0.05) is 29.2 Å². The molecule has 1 fully saturated rings. The summed E-state index contributed by atoms with van der Waals surface area (Å²) in [5, 5.41) is 17.4. The average Bonchev–Trinajstić information content (AvgIpc) is 3.43. The molecule has 1 aliphatic rings. The molecule has 8 heteroatoms. The van der Waals surface area contributed by atoms with Gasteiger partial charge in [0.1, 0.15) is 0 Å². The predicted molar refractivity (Wildman–Crippen MR) is 117 cm³/mol. The maximum absolute atomic E-state index is 10.7. The molecular weight excluding hydrogens is 511 g/mol. The van der Waals surface area contributed by atoms with Crippen LogP contribution in [0.3, 0.4) is 0 Å². The zero-order valence-corrected chi connectivity index (χ0v) is 17.9. The molecule has 26 heavy (non-hydrogen) atoms. The molecule has 6 nitrogen and oxygen atoms in total. The van der Waals surface area contributed by atoms with Crippen LogP contribution < -0.4 is 10.6 Å². The number of nitrogens with one attached hydrogen (secondary N) is 2. The number of nitrogens with zero attached hydrogens (tertiary/aromatic N) is 2. The Morgan fingerprint density at radius 3 is 2.31 bits per heavy atom. The molecule has 1 aliphatic carbocycles. The van der Waals surface area contributed by atoms with Crippen molar-refractivity contribution in [1.82, 2.24) is 10.6 Å². The Morgan fingerprint density at radius 2 is 1.73 bits per heavy atom. The SMILES string of the molecule is I.O=[N+]([O-])c1ccc(CNC(=NCc2ccc(Br)cc2)NC2CC2)cc1. The third-order valence-corrected chi connectivity index (χ3v) is 4.39. The van der Waals surface area contributed by atoms with Crippen LogP contribution in [0.4, 0.5) is 5.69 Å². The van der Waals surface area contributed by atoms with Crippen LogP contribution in [0, 0.1) is 10.1 Å². The molecule has 2 aromatic carbocycles. The summed E-state index contributed by atoms with van der Waals surface area (Å²) in [6, 6.07) is 15.1. The molecule has 3 rings (SSSR count). The Labute approximate surface area is 177 Å². The number of nitro benzene ring substituents is 1. The number of hydrogen-bond donors (Lipinski definition) is 2. The van der Waals surface area contributed by atoms with Gasteiger partial charge >= 0.3 is 0 Å². The lowest BCUT2D eigenvalue weighted by Crippen LogP contribution is -2.38. The minimum atomic E-state index is -0.392. The molecule has 2 N–H and O–H groups in total. The predicted octanol–water partition coefficient (Wildman–Crippen LogP) is 4.37. The van der Waals surface area contributed by atoms with Gasteiger partial charge in [-0.3, -0.25) is 10.1 Å². The van der Waals surface area contributed by atoms with Crippen molar-refractivity contribution in [3.05, 3.63) is 74.2 Å². The van der Waals surface area contributed by atoms with Crippen LogP contribution in [-0.4, -0.2) is 16.9 Å². The molecule has 0 heterocycles. The third-order valence-electron chi connectivity index (χ3n) is 3.86. The van der Waals surface area contributed by atoms with Crippen LogP contribution in [0.15, 0.2) is 58.0 Å². The molecule has 0 aromatic heterocycles. The molecule has 0 amide bonds. The first-order valence-electron chi connectivity index (χ1n) is 8.13. The molecule has 0 saturated heterocycles. The van der Waals surface area contributed by atoms with Crippen LogP contribution in [-0.2, 0) is 13.1 Å². The lowest BCUT2D eigenvalue weighted by Gasteiger charge is -2.12. The number of guanidine groups is 1. The van der Waals surface area contributed by atoms with E-state index in [4.69, 9.17) is 0 Å². The molecule has 0 radical (unpaired) electrons. The van der Waals surface area contributed by atoms with E-state index in [1.165, 1.54) is 12.1 Å². The van der Waals surface area contributed by atoms with Crippen LogP contribution in [0.1, 0.15) is 24.0 Å². The van der Waals surface area contributed by atoms with Gasteiger partial charge in [-0.1, -0.05) is 40.2 Å². The van der Waals surface area contributed by atoms with E-state index in [1.54, 1.807) is 12.1 Å². The largest absolute Gasteiger partial charge is 0.354 e. The summed E-state index contributed by atoms with van der Waals surface area (Å²) in [4.78, 5) is 14.9. The Balaban J connectivity index is 0.00000243. The average molecular weight is 531 g/mol. The van der Waals surface area contributed by atoms with E-state index in [-0.39, 0.29) is 29.7 Å². The molecule has 2 aromatic rings. The summed E-state index contributed by atoms with van der Waals surface area (Å²) >= 11 is 3.43. The first kappa shape index (κ1) is 20.6. The van der Waals surface area contributed by atoms with Crippen LogP contribution >= 0.6 is 39.9 Å². The summed E-state index contributed by atoms with van der Waals surface area (Å²) in [7, 11) is 0.